The molecule has 0 spiro atoms. The quantitative estimate of drug-likeness (QED) is 0.272. The Labute approximate surface area is 244 Å². The van der Waals surface area contributed by atoms with Gasteiger partial charge in [0, 0.05) is 13.0 Å². The molecule has 3 aromatic carbocycles. The summed E-state index contributed by atoms with van der Waals surface area (Å²) in [7, 11) is 7.42. The van der Waals surface area contributed by atoms with Crippen molar-refractivity contribution < 1.29 is 24.1 Å². The molecule has 7 nitrogen and oxygen atoms in total. The number of unbranched alkanes of at least 4 members (excludes halogenated alkanes) is 2. The molecule has 0 saturated carbocycles. The Kier molecular flexibility index (Phi) is 10.8. The van der Waals surface area contributed by atoms with Crippen molar-refractivity contribution in [3.05, 3.63) is 95.6 Å². The molecule has 3 atom stereocenters. The first-order valence-corrected chi connectivity index (χ1v) is 14.5. The molecule has 220 valence electrons. The van der Waals surface area contributed by atoms with Gasteiger partial charge in [-0.15, -0.1) is 0 Å². The third-order valence-corrected chi connectivity index (χ3v) is 7.91. The van der Waals surface area contributed by atoms with Crippen LogP contribution in [-0.2, 0) is 21.7 Å². The molecule has 1 N–H and O–H groups in total. The highest BCUT2D eigenvalue weighted by molar-refractivity contribution is 5.77. The molecule has 0 radical (unpaired) electrons. The summed E-state index contributed by atoms with van der Waals surface area (Å²) < 4.78 is 17.8. The fourth-order valence-corrected chi connectivity index (χ4v) is 5.76. The van der Waals surface area contributed by atoms with Gasteiger partial charge in [-0.2, -0.15) is 0 Å². The van der Waals surface area contributed by atoms with Crippen LogP contribution in [0, 0.1) is 0 Å². The molecular formula is C34H44N2O5. The van der Waals surface area contributed by atoms with Gasteiger partial charge in [-0.05, 0) is 80.9 Å². The maximum Gasteiger partial charge on any atom is 0.223 e. The third kappa shape index (κ3) is 7.47. The summed E-state index contributed by atoms with van der Waals surface area (Å²) in [6.45, 7) is 1.61. The van der Waals surface area contributed by atoms with Crippen molar-refractivity contribution in [2.24, 2.45) is 0 Å². The highest BCUT2D eigenvalue weighted by Gasteiger charge is 2.51. The van der Waals surface area contributed by atoms with Crippen molar-refractivity contribution in [3.8, 4) is 11.5 Å². The molecule has 1 heterocycles. The van der Waals surface area contributed by atoms with E-state index in [9.17, 15) is 9.90 Å². The second-order valence-corrected chi connectivity index (χ2v) is 11.0. The van der Waals surface area contributed by atoms with Crippen molar-refractivity contribution in [3.63, 3.8) is 0 Å². The van der Waals surface area contributed by atoms with Crippen LogP contribution in [0.25, 0.3) is 0 Å². The minimum Gasteiger partial charge on any atom is -0.497 e. The van der Waals surface area contributed by atoms with Crippen LogP contribution in [-0.4, -0.2) is 74.4 Å². The van der Waals surface area contributed by atoms with E-state index in [1.807, 2.05) is 83.8 Å². The van der Waals surface area contributed by atoms with Crippen molar-refractivity contribution in [2.45, 2.75) is 56.5 Å². The summed E-state index contributed by atoms with van der Waals surface area (Å²) in [4.78, 5) is 17.8. The molecule has 3 unspecified atom stereocenters. The minimum absolute atomic E-state index is 0.0540. The average Bonchev–Trinajstić information content (AvgIpc) is 3.40. The van der Waals surface area contributed by atoms with Crippen LogP contribution in [0.2, 0.25) is 0 Å². The van der Waals surface area contributed by atoms with Gasteiger partial charge in [0.15, 0.2) is 0 Å². The zero-order valence-corrected chi connectivity index (χ0v) is 24.8. The van der Waals surface area contributed by atoms with E-state index in [2.05, 4.69) is 19.0 Å². The molecule has 1 fully saturated rings. The maximum atomic E-state index is 13.8. The average molecular weight is 561 g/mol. The Morgan fingerprint density at radius 2 is 1.49 bits per heavy atom. The lowest BCUT2D eigenvalue weighted by Crippen LogP contribution is -2.52. The highest BCUT2D eigenvalue weighted by Crippen LogP contribution is 2.45. The normalized spacial score (nSPS) is 18.3. The third-order valence-electron chi connectivity index (χ3n) is 7.91. The van der Waals surface area contributed by atoms with Crippen molar-refractivity contribution in [1.82, 2.24) is 9.80 Å². The molecule has 1 saturated heterocycles. The number of benzene rings is 3. The number of rotatable bonds is 14. The van der Waals surface area contributed by atoms with Crippen LogP contribution < -0.4 is 9.47 Å². The number of hydrogen-bond acceptors (Lipinski definition) is 6. The Bertz CT molecular complexity index is 1220. The number of aliphatic hydroxyl groups is 1. The molecule has 1 amide bonds. The molecule has 41 heavy (non-hydrogen) atoms. The number of amides is 1. The van der Waals surface area contributed by atoms with Crippen LogP contribution in [0.15, 0.2) is 78.9 Å². The lowest BCUT2D eigenvalue weighted by Gasteiger charge is -2.44. The monoisotopic (exact) mass is 560 g/mol. The first-order chi connectivity index (χ1) is 19.9. The summed E-state index contributed by atoms with van der Waals surface area (Å²) >= 11 is 0. The van der Waals surface area contributed by atoms with Gasteiger partial charge in [0.05, 0.1) is 33.0 Å². The van der Waals surface area contributed by atoms with Crippen LogP contribution in [0.4, 0.5) is 0 Å². The molecule has 0 aliphatic carbocycles. The standard InChI is InChI=1S/C34H44N2O5/c1-35(2)22-10-6-9-13-33(38)36-24-29(37)23-32(36)34(27-11-7-5-8-12-27,28-16-20-31(40-4)21-17-28)41-25-26-14-18-30(39-3)19-15-26/h5,7-8,11-12,14-21,29,32,37H,6,9-10,13,22-25H2,1-4H3. The summed E-state index contributed by atoms with van der Waals surface area (Å²) in [5, 5.41) is 11.0. The number of aliphatic hydroxyl groups excluding tert-OH is 1. The van der Waals surface area contributed by atoms with Crippen LogP contribution in [0.5, 0.6) is 11.5 Å². The molecule has 0 bridgehead atoms. The maximum absolute atomic E-state index is 13.8. The summed E-state index contributed by atoms with van der Waals surface area (Å²) in [6.07, 6.45) is 3.08. The van der Waals surface area contributed by atoms with Gasteiger partial charge in [-0.25, -0.2) is 0 Å². The minimum atomic E-state index is -1.02. The van der Waals surface area contributed by atoms with Gasteiger partial charge < -0.3 is 29.1 Å². The topological polar surface area (TPSA) is 71.5 Å². The SMILES string of the molecule is COc1ccc(COC(c2ccccc2)(c2ccc(OC)cc2)C2CC(O)CN2C(=O)CCCCCN(C)C)cc1. The molecule has 1 aliphatic heterocycles. The number of carbonyl (C=O) groups is 1. The summed E-state index contributed by atoms with van der Waals surface area (Å²) in [6, 6.07) is 25.3. The smallest absolute Gasteiger partial charge is 0.223 e. The van der Waals surface area contributed by atoms with Gasteiger partial charge >= 0.3 is 0 Å². The van der Waals surface area contributed by atoms with E-state index in [1.54, 1.807) is 14.2 Å². The lowest BCUT2D eigenvalue weighted by molar-refractivity contribution is -0.141. The number of likely N-dealkylation sites (tertiary alicyclic amines) is 1. The first kappa shape index (κ1) is 30.6. The van der Waals surface area contributed by atoms with E-state index < -0.39 is 17.7 Å². The number of β-amino-alcohol motifs (C(OH)–C–C–N with tert-alkyl or cyclic N) is 1. The molecule has 7 heteroatoms. The second kappa shape index (κ2) is 14.5. The molecule has 3 aromatic rings. The van der Waals surface area contributed by atoms with Crippen LogP contribution in [0.3, 0.4) is 0 Å². The van der Waals surface area contributed by atoms with E-state index in [0.717, 1.165) is 54.0 Å². The van der Waals surface area contributed by atoms with Gasteiger partial charge in [-0.1, -0.05) is 61.0 Å². The van der Waals surface area contributed by atoms with E-state index in [-0.39, 0.29) is 12.5 Å². The van der Waals surface area contributed by atoms with E-state index in [4.69, 9.17) is 14.2 Å². The fourth-order valence-electron chi connectivity index (χ4n) is 5.76. The number of hydrogen-bond donors (Lipinski definition) is 1. The number of carbonyl (C=O) groups excluding carboxylic acids is 1. The van der Waals surface area contributed by atoms with Crippen molar-refractivity contribution in [1.29, 1.82) is 0 Å². The van der Waals surface area contributed by atoms with Gasteiger partial charge in [-0.3, -0.25) is 4.79 Å². The van der Waals surface area contributed by atoms with Crippen molar-refractivity contribution in [2.75, 3.05) is 41.4 Å². The molecule has 0 aromatic heterocycles. The van der Waals surface area contributed by atoms with Gasteiger partial charge in [0.1, 0.15) is 17.1 Å². The zero-order chi connectivity index (χ0) is 29.2. The molecule has 4 rings (SSSR count). The van der Waals surface area contributed by atoms with Crippen LogP contribution in [0.1, 0.15) is 48.8 Å². The Hall–Kier alpha value is -3.39. The Morgan fingerprint density at radius 1 is 0.878 bits per heavy atom. The summed E-state index contributed by atoms with van der Waals surface area (Å²) in [5.41, 5.74) is 1.80. The van der Waals surface area contributed by atoms with Crippen LogP contribution >= 0.6 is 0 Å². The predicted octanol–water partition coefficient (Wildman–Crippen LogP) is 5.25. The van der Waals surface area contributed by atoms with Crippen molar-refractivity contribution >= 4 is 5.91 Å². The Balaban J connectivity index is 1.72. The first-order valence-electron chi connectivity index (χ1n) is 14.5. The lowest BCUT2D eigenvalue weighted by atomic mass is 9.78. The predicted molar refractivity (Wildman–Crippen MR) is 161 cm³/mol. The fraction of sp³-hybridized carbons (Fsp3) is 0.441. The Morgan fingerprint density at radius 3 is 2.10 bits per heavy atom. The zero-order valence-electron chi connectivity index (χ0n) is 24.8. The molecule has 1 aliphatic rings. The van der Waals surface area contributed by atoms with E-state index >= 15 is 0 Å². The second-order valence-electron chi connectivity index (χ2n) is 11.0. The number of methoxy groups -OCH3 is 2. The largest absolute Gasteiger partial charge is 0.497 e. The summed E-state index contributed by atoms with van der Waals surface area (Å²) in [5.74, 6) is 1.57. The number of ether oxygens (including phenoxy) is 3. The van der Waals surface area contributed by atoms with E-state index in [1.165, 1.54) is 0 Å². The van der Waals surface area contributed by atoms with Gasteiger partial charge in [0.25, 0.3) is 0 Å². The van der Waals surface area contributed by atoms with Gasteiger partial charge in [0.2, 0.25) is 5.91 Å². The molecular weight excluding hydrogens is 516 g/mol. The van der Waals surface area contributed by atoms with E-state index in [0.29, 0.717) is 19.4 Å². The number of nitrogens with zero attached hydrogens (tertiary/aromatic N) is 2. The highest BCUT2D eigenvalue weighted by atomic mass is 16.5.